The summed E-state index contributed by atoms with van der Waals surface area (Å²) in [6.07, 6.45) is 1.73. The summed E-state index contributed by atoms with van der Waals surface area (Å²) in [5, 5.41) is 8.25. The zero-order valence-corrected chi connectivity index (χ0v) is 19.1. The Balaban J connectivity index is 1.48. The molecule has 1 saturated heterocycles. The Kier molecular flexibility index (Phi) is 6.61. The number of hydrogen-bond acceptors (Lipinski definition) is 4. The molecule has 0 aliphatic carbocycles. The number of carbonyl (C=O) groups is 1. The van der Waals surface area contributed by atoms with Gasteiger partial charge in [0.05, 0.1) is 11.6 Å². The number of anilines is 1. The normalized spacial score (nSPS) is 16.1. The molecular formula is C25H27ClN4O2. The van der Waals surface area contributed by atoms with Crippen LogP contribution in [0.3, 0.4) is 0 Å². The van der Waals surface area contributed by atoms with E-state index in [0.717, 1.165) is 30.5 Å². The van der Waals surface area contributed by atoms with E-state index in [-0.39, 0.29) is 17.4 Å². The summed E-state index contributed by atoms with van der Waals surface area (Å²) < 4.78 is 1.36. The maximum Gasteiger partial charge on any atom is 0.271 e. The molecule has 0 saturated carbocycles. The number of rotatable bonds is 5. The molecule has 0 radical (unpaired) electrons. The molecule has 0 bridgehead atoms. The zero-order valence-electron chi connectivity index (χ0n) is 18.3. The molecule has 166 valence electrons. The SMILES string of the molecule is Cc1ccc(-n2nc(N3CCC[C@H](C(=O)NCc4ccccc4C)C3)ccc2=O)cc1Cl. The minimum Gasteiger partial charge on any atom is -0.354 e. The molecule has 1 amide bonds. The lowest BCUT2D eigenvalue weighted by Crippen LogP contribution is -2.43. The predicted octanol–water partition coefficient (Wildman–Crippen LogP) is 4.04. The highest BCUT2D eigenvalue weighted by atomic mass is 35.5. The van der Waals surface area contributed by atoms with Crippen LogP contribution in [-0.2, 0) is 11.3 Å². The Morgan fingerprint density at radius 1 is 1.12 bits per heavy atom. The molecule has 1 atom stereocenters. The van der Waals surface area contributed by atoms with Gasteiger partial charge in [-0.2, -0.15) is 4.68 Å². The number of aromatic nitrogens is 2. The van der Waals surface area contributed by atoms with Crippen LogP contribution in [0.2, 0.25) is 5.02 Å². The third-order valence-corrected chi connectivity index (χ3v) is 6.42. The smallest absolute Gasteiger partial charge is 0.271 e. The quantitative estimate of drug-likeness (QED) is 0.637. The van der Waals surface area contributed by atoms with E-state index in [0.29, 0.717) is 29.6 Å². The minimum absolute atomic E-state index is 0.0524. The molecule has 7 heteroatoms. The first-order chi connectivity index (χ1) is 15.4. The van der Waals surface area contributed by atoms with Crippen LogP contribution in [-0.4, -0.2) is 28.8 Å². The number of carbonyl (C=O) groups excluding carboxylic acids is 1. The fraction of sp³-hybridized carbons (Fsp3) is 0.320. The summed E-state index contributed by atoms with van der Waals surface area (Å²) >= 11 is 6.24. The van der Waals surface area contributed by atoms with Crippen LogP contribution in [0.1, 0.15) is 29.5 Å². The monoisotopic (exact) mass is 450 g/mol. The molecule has 0 spiro atoms. The molecule has 2 heterocycles. The number of hydrogen-bond donors (Lipinski definition) is 1. The van der Waals surface area contributed by atoms with Crippen LogP contribution in [0.25, 0.3) is 5.69 Å². The standard InChI is InChI=1S/C25H27ClN4O2/c1-17-6-3-4-7-19(17)15-27-25(32)20-8-5-13-29(16-20)23-11-12-24(31)30(28-23)21-10-9-18(2)22(26)14-21/h3-4,6-7,9-12,14,20H,5,8,13,15-16H2,1-2H3,(H,27,32)/t20-/m0/s1. The lowest BCUT2D eigenvalue weighted by atomic mass is 9.97. The van der Waals surface area contributed by atoms with Gasteiger partial charge in [-0.1, -0.05) is 41.9 Å². The van der Waals surface area contributed by atoms with Crippen molar-refractivity contribution < 1.29 is 4.79 Å². The molecule has 1 N–H and O–H groups in total. The Hall–Kier alpha value is -3.12. The van der Waals surface area contributed by atoms with Crippen molar-refractivity contribution in [2.45, 2.75) is 33.2 Å². The van der Waals surface area contributed by atoms with Gasteiger partial charge in [-0.25, -0.2) is 0 Å². The van der Waals surface area contributed by atoms with Crippen molar-refractivity contribution in [3.63, 3.8) is 0 Å². The number of piperidine rings is 1. The predicted molar refractivity (Wildman–Crippen MR) is 128 cm³/mol. The topological polar surface area (TPSA) is 67.2 Å². The van der Waals surface area contributed by atoms with E-state index >= 15 is 0 Å². The molecule has 1 aliphatic heterocycles. The van der Waals surface area contributed by atoms with Crippen molar-refractivity contribution in [3.05, 3.63) is 86.7 Å². The number of amides is 1. The van der Waals surface area contributed by atoms with Gasteiger partial charge in [0, 0.05) is 30.7 Å². The molecule has 1 aromatic heterocycles. The van der Waals surface area contributed by atoms with Gasteiger partial charge in [0.2, 0.25) is 5.91 Å². The molecule has 6 nitrogen and oxygen atoms in total. The summed E-state index contributed by atoms with van der Waals surface area (Å²) in [5.41, 5.74) is 3.63. The molecule has 1 aliphatic rings. The van der Waals surface area contributed by atoms with E-state index < -0.39 is 0 Å². The number of halogens is 1. The van der Waals surface area contributed by atoms with E-state index in [1.807, 2.05) is 50.2 Å². The number of nitrogens with zero attached hydrogens (tertiary/aromatic N) is 3. The fourth-order valence-electron chi connectivity index (χ4n) is 4.00. The van der Waals surface area contributed by atoms with Gasteiger partial charge in [0.25, 0.3) is 5.56 Å². The fourth-order valence-corrected chi connectivity index (χ4v) is 4.18. The highest BCUT2D eigenvalue weighted by molar-refractivity contribution is 6.31. The van der Waals surface area contributed by atoms with E-state index in [1.165, 1.54) is 16.3 Å². The first-order valence-corrected chi connectivity index (χ1v) is 11.2. The molecule has 2 aromatic carbocycles. The minimum atomic E-state index is -0.224. The molecule has 1 fully saturated rings. The van der Waals surface area contributed by atoms with Gasteiger partial charge in [-0.05, 0) is 61.6 Å². The van der Waals surface area contributed by atoms with Crippen LogP contribution < -0.4 is 15.8 Å². The summed E-state index contributed by atoms with van der Waals surface area (Å²) in [5.74, 6) is 0.609. The third-order valence-electron chi connectivity index (χ3n) is 6.02. The zero-order chi connectivity index (χ0) is 22.7. The highest BCUT2D eigenvalue weighted by Gasteiger charge is 2.27. The first kappa shape index (κ1) is 22.1. The Morgan fingerprint density at radius 3 is 2.72 bits per heavy atom. The number of nitrogens with one attached hydrogen (secondary N) is 1. The largest absolute Gasteiger partial charge is 0.354 e. The van der Waals surface area contributed by atoms with Crippen LogP contribution in [0.4, 0.5) is 5.82 Å². The lowest BCUT2D eigenvalue weighted by Gasteiger charge is -2.33. The Bertz CT molecular complexity index is 1190. The van der Waals surface area contributed by atoms with Crippen LogP contribution >= 0.6 is 11.6 Å². The van der Waals surface area contributed by atoms with E-state index in [2.05, 4.69) is 15.3 Å². The van der Waals surface area contributed by atoms with Crippen LogP contribution in [0.15, 0.2) is 59.4 Å². The molecule has 3 aromatic rings. The second-order valence-electron chi connectivity index (χ2n) is 8.30. The van der Waals surface area contributed by atoms with Gasteiger partial charge in [0.15, 0.2) is 0 Å². The van der Waals surface area contributed by atoms with Crippen molar-refractivity contribution in [1.29, 1.82) is 0 Å². The molecule has 0 unspecified atom stereocenters. The lowest BCUT2D eigenvalue weighted by molar-refractivity contribution is -0.125. The van der Waals surface area contributed by atoms with Crippen molar-refractivity contribution in [2.24, 2.45) is 5.92 Å². The molecule has 4 rings (SSSR count). The van der Waals surface area contributed by atoms with Crippen molar-refractivity contribution in [2.75, 3.05) is 18.0 Å². The van der Waals surface area contributed by atoms with Crippen molar-refractivity contribution in [3.8, 4) is 5.69 Å². The third kappa shape index (κ3) is 4.86. The van der Waals surface area contributed by atoms with E-state index in [9.17, 15) is 9.59 Å². The number of aryl methyl sites for hydroxylation is 2. The van der Waals surface area contributed by atoms with Crippen LogP contribution in [0.5, 0.6) is 0 Å². The van der Waals surface area contributed by atoms with Crippen molar-refractivity contribution in [1.82, 2.24) is 15.1 Å². The first-order valence-electron chi connectivity index (χ1n) is 10.9. The second-order valence-corrected chi connectivity index (χ2v) is 8.71. The van der Waals surface area contributed by atoms with Gasteiger partial charge in [-0.15, -0.1) is 5.10 Å². The summed E-state index contributed by atoms with van der Waals surface area (Å²) in [6, 6.07) is 16.7. The van der Waals surface area contributed by atoms with Gasteiger partial charge >= 0.3 is 0 Å². The molecule has 32 heavy (non-hydrogen) atoms. The van der Waals surface area contributed by atoms with Gasteiger partial charge in [0.1, 0.15) is 5.82 Å². The maximum absolute atomic E-state index is 12.8. The summed E-state index contributed by atoms with van der Waals surface area (Å²) in [4.78, 5) is 27.4. The Morgan fingerprint density at radius 2 is 1.94 bits per heavy atom. The average molecular weight is 451 g/mol. The average Bonchev–Trinajstić information content (AvgIpc) is 2.80. The molecular weight excluding hydrogens is 424 g/mol. The highest BCUT2D eigenvalue weighted by Crippen LogP contribution is 2.23. The van der Waals surface area contributed by atoms with Gasteiger partial charge < -0.3 is 10.2 Å². The maximum atomic E-state index is 12.8. The van der Waals surface area contributed by atoms with E-state index in [4.69, 9.17) is 11.6 Å². The Labute approximate surface area is 192 Å². The van der Waals surface area contributed by atoms with E-state index in [1.54, 1.807) is 12.1 Å². The van der Waals surface area contributed by atoms with Gasteiger partial charge in [-0.3, -0.25) is 9.59 Å². The number of benzene rings is 2. The second kappa shape index (κ2) is 9.57. The van der Waals surface area contributed by atoms with Crippen molar-refractivity contribution >= 4 is 23.3 Å². The summed E-state index contributed by atoms with van der Waals surface area (Å²) in [6.45, 7) is 5.85. The van der Waals surface area contributed by atoms with Crippen LogP contribution in [0, 0.1) is 19.8 Å². The summed E-state index contributed by atoms with van der Waals surface area (Å²) in [7, 11) is 0.